The minimum atomic E-state index is -0.651. The molecule has 0 bridgehead atoms. The summed E-state index contributed by atoms with van der Waals surface area (Å²) >= 11 is 1.37. The number of H-pyrrole nitrogens is 1. The van der Waals surface area contributed by atoms with Crippen molar-refractivity contribution in [3.05, 3.63) is 51.7 Å². The number of amides is 4. The van der Waals surface area contributed by atoms with Gasteiger partial charge in [0.15, 0.2) is 5.82 Å². The maximum absolute atomic E-state index is 14.7. The minimum Gasteiger partial charge on any atom is -0.371 e. The van der Waals surface area contributed by atoms with Gasteiger partial charge in [-0.2, -0.15) is 5.21 Å². The highest BCUT2D eigenvalue weighted by atomic mass is 32.1. The van der Waals surface area contributed by atoms with Crippen LogP contribution in [0.3, 0.4) is 0 Å². The Morgan fingerprint density at radius 2 is 1.80 bits per heavy atom. The fourth-order valence-electron chi connectivity index (χ4n) is 7.74. The monoisotopic (exact) mass is 838 g/mol. The van der Waals surface area contributed by atoms with E-state index in [2.05, 4.69) is 69.2 Å². The molecule has 7 atom stereocenters. The molecule has 0 aliphatic carbocycles. The van der Waals surface area contributed by atoms with Crippen LogP contribution in [0.2, 0.25) is 0 Å². The maximum atomic E-state index is 14.7. The Kier molecular flexibility index (Phi) is 18.8. The molecule has 1 fully saturated rings. The predicted molar refractivity (Wildman–Crippen MR) is 230 cm³/mol. The van der Waals surface area contributed by atoms with Crippen molar-refractivity contribution in [2.75, 3.05) is 38.6 Å². The van der Waals surface area contributed by atoms with Gasteiger partial charge in [0.2, 0.25) is 17.7 Å². The van der Waals surface area contributed by atoms with Gasteiger partial charge in [0.05, 0.1) is 12.6 Å². The average Bonchev–Trinajstić information content (AvgIpc) is 3.95. The number of piperidine rings is 1. The maximum Gasteiger partial charge on any atom is 0.270 e. The molecular formula is C42H67N11O5S. The standard InChI is InChI=1S/C42H67N11O5S/c1-9-19-53(42(57)37(27(6)10-2)47-40(56)33-14-12-13-20-52(33)8)34(26(4)5)23-35(58-11-3)41-46-32(25-59-41)39(55)45-31(21-28(7)38-48-50-51-49-38)22-29-15-17-30(18-16-29)44-36(54)24-43/h15-18,25-28,31,33-35,37H,9-14,19-24,43H2,1-8H3,(H,44,54)(H,45,55)(H,47,56)(H,48,49,50,51)/t27-,28-,31+,33+,34+,35+,37-/m0/s1. The Balaban J connectivity index is 1.53. The van der Waals surface area contributed by atoms with E-state index in [9.17, 15) is 19.2 Å². The van der Waals surface area contributed by atoms with Crippen LogP contribution in [-0.4, -0.2) is 116 Å². The second kappa shape index (κ2) is 23.5. The summed E-state index contributed by atoms with van der Waals surface area (Å²) in [5.41, 5.74) is 7.32. The molecule has 17 heteroatoms. The number of hydrogen-bond donors (Lipinski definition) is 5. The van der Waals surface area contributed by atoms with Crippen LogP contribution in [0.25, 0.3) is 0 Å². The number of nitrogens with two attached hydrogens (primary N) is 1. The van der Waals surface area contributed by atoms with Crippen molar-refractivity contribution >= 4 is 40.7 Å². The minimum absolute atomic E-state index is 0.0577. The Bertz CT molecular complexity index is 1750. The van der Waals surface area contributed by atoms with Crippen molar-refractivity contribution in [2.24, 2.45) is 17.6 Å². The van der Waals surface area contributed by atoms with Crippen molar-refractivity contribution in [3.63, 3.8) is 0 Å². The Hall–Kier alpha value is -4.32. The van der Waals surface area contributed by atoms with Gasteiger partial charge in [-0.3, -0.25) is 24.1 Å². The van der Waals surface area contributed by atoms with Crippen LogP contribution < -0.4 is 21.7 Å². The number of nitrogens with zero attached hydrogens (tertiary/aromatic N) is 6. The molecule has 1 aliphatic heterocycles. The quantitative estimate of drug-likeness (QED) is 0.0872. The molecule has 3 heterocycles. The van der Waals surface area contributed by atoms with Gasteiger partial charge in [0.1, 0.15) is 22.8 Å². The molecule has 4 amide bonds. The molecule has 1 saturated heterocycles. The van der Waals surface area contributed by atoms with Gasteiger partial charge in [0, 0.05) is 48.6 Å². The Morgan fingerprint density at radius 3 is 2.41 bits per heavy atom. The zero-order valence-electron chi connectivity index (χ0n) is 36.2. The number of carbonyl (C=O) groups excluding carboxylic acids is 4. The van der Waals surface area contributed by atoms with Gasteiger partial charge in [-0.15, -0.1) is 21.5 Å². The van der Waals surface area contributed by atoms with E-state index in [4.69, 9.17) is 15.5 Å². The van der Waals surface area contributed by atoms with E-state index in [1.165, 1.54) is 11.3 Å². The number of likely N-dealkylation sites (tertiary alicyclic amines) is 1. The number of anilines is 1. The number of nitrogens with one attached hydrogen (secondary N) is 4. The second-order valence-corrected chi connectivity index (χ2v) is 17.1. The number of thiazole rings is 1. The van der Waals surface area contributed by atoms with Crippen molar-refractivity contribution in [1.29, 1.82) is 0 Å². The third-order valence-corrected chi connectivity index (χ3v) is 12.2. The zero-order valence-corrected chi connectivity index (χ0v) is 37.0. The predicted octanol–water partition coefficient (Wildman–Crippen LogP) is 4.83. The fourth-order valence-corrected chi connectivity index (χ4v) is 8.60. The Morgan fingerprint density at radius 1 is 1.05 bits per heavy atom. The first-order chi connectivity index (χ1) is 28.3. The molecule has 4 rings (SSSR count). The molecule has 2 aromatic heterocycles. The van der Waals surface area contributed by atoms with Crippen molar-refractivity contribution in [3.8, 4) is 0 Å². The van der Waals surface area contributed by atoms with Crippen molar-refractivity contribution in [1.82, 2.24) is 46.0 Å². The fraction of sp³-hybridized carbons (Fsp3) is 0.667. The lowest BCUT2D eigenvalue weighted by molar-refractivity contribution is -0.143. The molecule has 3 aromatic rings. The zero-order chi connectivity index (χ0) is 43.1. The summed E-state index contributed by atoms with van der Waals surface area (Å²) in [6, 6.07) is 6.01. The van der Waals surface area contributed by atoms with Crippen LogP contribution in [0, 0.1) is 11.8 Å². The summed E-state index contributed by atoms with van der Waals surface area (Å²) in [5, 5.41) is 26.1. The number of benzene rings is 1. The second-order valence-electron chi connectivity index (χ2n) is 16.2. The summed E-state index contributed by atoms with van der Waals surface area (Å²) in [4.78, 5) is 62.9. The van der Waals surface area contributed by atoms with Crippen LogP contribution in [0.1, 0.15) is 132 Å². The van der Waals surface area contributed by atoms with Gasteiger partial charge in [-0.25, -0.2) is 4.98 Å². The van der Waals surface area contributed by atoms with Crippen molar-refractivity contribution in [2.45, 2.75) is 136 Å². The van der Waals surface area contributed by atoms with Gasteiger partial charge < -0.3 is 31.3 Å². The van der Waals surface area contributed by atoms with Crippen LogP contribution in [0.15, 0.2) is 29.6 Å². The molecule has 0 spiro atoms. The van der Waals surface area contributed by atoms with Crippen molar-refractivity contribution < 1.29 is 23.9 Å². The van der Waals surface area contributed by atoms with Gasteiger partial charge in [-0.05, 0) is 82.2 Å². The first-order valence-corrected chi connectivity index (χ1v) is 22.2. The third kappa shape index (κ3) is 13.6. The molecule has 16 nitrogen and oxygen atoms in total. The van der Waals surface area contributed by atoms with Crippen LogP contribution >= 0.6 is 11.3 Å². The summed E-state index contributed by atoms with van der Waals surface area (Å²) < 4.78 is 6.34. The summed E-state index contributed by atoms with van der Waals surface area (Å²) in [5.74, 6) is -0.308. The van der Waals surface area contributed by atoms with E-state index in [1.54, 1.807) is 17.5 Å². The summed E-state index contributed by atoms with van der Waals surface area (Å²) in [7, 11) is 1.98. The number of hydrogen-bond acceptors (Lipinski definition) is 12. The molecule has 59 heavy (non-hydrogen) atoms. The van der Waals surface area contributed by atoms with Crippen LogP contribution in [0.4, 0.5) is 5.69 Å². The third-order valence-electron chi connectivity index (χ3n) is 11.3. The molecule has 326 valence electrons. The Labute approximate surface area is 353 Å². The lowest BCUT2D eigenvalue weighted by atomic mass is 9.92. The van der Waals surface area contributed by atoms with E-state index < -0.39 is 12.1 Å². The molecule has 1 aromatic carbocycles. The van der Waals surface area contributed by atoms with E-state index in [0.717, 1.165) is 44.2 Å². The van der Waals surface area contributed by atoms with E-state index >= 15 is 0 Å². The molecule has 0 radical (unpaired) electrons. The summed E-state index contributed by atoms with van der Waals surface area (Å²) in [6.07, 6.45) is 5.39. The summed E-state index contributed by atoms with van der Waals surface area (Å²) in [6.45, 7) is 16.0. The molecule has 0 saturated carbocycles. The number of tetrazole rings is 1. The SMILES string of the molecule is CCCN(C(=O)[C@@H](NC(=O)[C@H]1CCCCN1C)[C@@H](C)CC)[C@H](C[C@@H](OCC)c1nc(C(=O)N[C@@H](Cc2ccc(NC(=O)CN)cc2)C[C@H](C)c2nn[nH]n2)cs1)C(C)C. The molecule has 6 N–H and O–H groups in total. The molecule has 0 unspecified atom stereocenters. The van der Waals surface area contributed by atoms with E-state index in [0.29, 0.717) is 48.9 Å². The number of aromatic nitrogens is 5. The number of rotatable bonds is 23. The normalized spacial score (nSPS) is 17.7. The van der Waals surface area contributed by atoms with Gasteiger partial charge in [0.25, 0.3) is 5.91 Å². The van der Waals surface area contributed by atoms with Crippen LogP contribution in [-0.2, 0) is 25.5 Å². The lowest BCUT2D eigenvalue weighted by Gasteiger charge is -2.40. The topological polar surface area (TPSA) is 213 Å². The largest absolute Gasteiger partial charge is 0.371 e. The van der Waals surface area contributed by atoms with Gasteiger partial charge >= 0.3 is 0 Å². The first kappa shape index (κ1) is 47.4. The highest BCUT2D eigenvalue weighted by Gasteiger charge is 2.38. The lowest BCUT2D eigenvalue weighted by Crippen LogP contribution is -2.58. The van der Waals surface area contributed by atoms with E-state index in [1.807, 2.05) is 44.9 Å². The average molecular weight is 838 g/mol. The highest BCUT2D eigenvalue weighted by molar-refractivity contribution is 7.09. The molecule has 1 aliphatic rings. The highest BCUT2D eigenvalue weighted by Crippen LogP contribution is 2.32. The van der Waals surface area contributed by atoms with Crippen LogP contribution in [0.5, 0.6) is 0 Å². The number of aromatic amines is 1. The number of ether oxygens (including phenoxy) is 1. The smallest absolute Gasteiger partial charge is 0.270 e. The number of likely N-dealkylation sites (N-methyl/N-ethyl adjacent to an activating group) is 1. The molecular weight excluding hydrogens is 771 g/mol. The van der Waals surface area contributed by atoms with Gasteiger partial charge in [-0.1, -0.05) is 71.7 Å². The van der Waals surface area contributed by atoms with E-state index in [-0.39, 0.29) is 71.7 Å². The number of carbonyl (C=O) groups is 4. The first-order valence-electron chi connectivity index (χ1n) is 21.3.